The van der Waals surface area contributed by atoms with Crippen LogP contribution in [-0.4, -0.2) is 35.5 Å². The van der Waals surface area contributed by atoms with E-state index in [4.69, 9.17) is 4.74 Å². The van der Waals surface area contributed by atoms with Crippen LogP contribution in [0.25, 0.3) is 0 Å². The molecule has 1 N–H and O–H groups in total. The van der Waals surface area contributed by atoms with Gasteiger partial charge in [-0.15, -0.1) is 0 Å². The van der Waals surface area contributed by atoms with Gasteiger partial charge in [0.25, 0.3) is 0 Å². The van der Waals surface area contributed by atoms with E-state index >= 15 is 0 Å². The van der Waals surface area contributed by atoms with Gasteiger partial charge >= 0.3 is 5.97 Å². The number of aromatic nitrogens is 1. The number of rotatable bonds is 6. The molecule has 0 aliphatic carbocycles. The van der Waals surface area contributed by atoms with Gasteiger partial charge in [0.1, 0.15) is 5.69 Å². The number of ether oxygens (including phenoxy) is 1. The molecule has 1 heterocycles. The Kier molecular flexibility index (Phi) is 5.51. The second-order valence-electron chi connectivity index (χ2n) is 4.86. The Morgan fingerprint density at radius 2 is 1.90 bits per heavy atom. The van der Waals surface area contributed by atoms with E-state index in [1.165, 1.54) is 0 Å². The summed E-state index contributed by atoms with van der Waals surface area (Å²) in [5.74, 6) is -0.376. The molecule has 0 amide bonds. The predicted octanol–water partition coefficient (Wildman–Crippen LogP) is 2.00. The number of nitrogens with zero attached hydrogens (tertiary/aromatic N) is 1. The molecule has 0 aromatic carbocycles. The highest BCUT2D eigenvalue weighted by atomic mass is 16.5. The predicted molar refractivity (Wildman–Crippen MR) is 78.3 cm³/mol. The van der Waals surface area contributed by atoms with Crippen LogP contribution >= 0.6 is 0 Å². The number of esters is 1. The van der Waals surface area contributed by atoms with Crippen molar-refractivity contribution in [2.45, 2.75) is 40.7 Å². The third-order valence-corrected chi connectivity index (χ3v) is 3.55. The maximum absolute atomic E-state index is 12.5. The van der Waals surface area contributed by atoms with Crippen molar-refractivity contribution < 1.29 is 14.3 Å². The molecule has 0 spiro atoms. The third kappa shape index (κ3) is 2.93. The number of hydrogen-bond donors (Lipinski definition) is 1. The summed E-state index contributed by atoms with van der Waals surface area (Å²) in [5.41, 5.74) is 2.55. The van der Waals surface area contributed by atoms with Crippen molar-refractivity contribution in [3.8, 4) is 0 Å². The van der Waals surface area contributed by atoms with Crippen LogP contribution in [0.5, 0.6) is 0 Å². The van der Waals surface area contributed by atoms with Crippen LogP contribution in [0.15, 0.2) is 0 Å². The van der Waals surface area contributed by atoms with E-state index in [1.807, 2.05) is 20.8 Å². The number of likely N-dealkylation sites (N-methyl/N-ethyl adjacent to an activating group) is 1. The summed E-state index contributed by atoms with van der Waals surface area (Å²) in [6.45, 7) is 10.2. The molecule has 0 aliphatic rings. The summed E-state index contributed by atoms with van der Waals surface area (Å²) < 4.78 is 6.79. The molecule has 5 nitrogen and oxygen atoms in total. The maximum Gasteiger partial charge on any atom is 0.355 e. The zero-order chi connectivity index (χ0) is 15.4. The lowest BCUT2D eigenvalue weighted by atomic mass is 10.0. The Bertz CT molecular complexity index is 518. The molecule has 0 saturated carbocycles. The van der Waals surface area contributed by atoms with Crippen molar-refractivity contribution in [3.05, 3.63) is 22.5 Å². The largest absolute Gasteiger partial charge is 0.461 e. The zero-order valence-corrected chi connectivity index (χ0v) is 13.2. The topological polar surface area (TPSA) is 60.3 Å². The summed E-state index contributed by atoms with van der Waals surface area (Å²) in [4.78, 5) is 24.5. The highest BCUT2D eigenvalue weighted by Gasteiger charge is 2.27. The minimum Gasteiger partial charge on any atom is -0.461 e. The van der Waals surface area contributed by atoms with Gasteiger partial charge in [0, 0.05) is 18.3 Å². The number of hydrogen-bond acceptors (Lipinski definition) is 4. The van der Waals surface area contributed by atoms with Gasteiger partial charge in [0.15, 0.2) is 5.78 Å². The van der Waals surface area contributed by atoms with Crippen LogP contribution in [0.3, 0.4) is 0 Å². The van der Waals surface area contributed by atoms with Crippen LogP contribution in [0.1, 0.15) is 52.9 Å². The number of carbonyl (C=O) groups is 2. The summed E-state index contributed by atoms with van der Waals surface area (Å²) in [5, 5.41) is 3.11. The van der Waals surface area contributed by atoms with E-state index in [0.717, 1.165) is 12.2 Å². The Morgan fingerprint density at radius 3 is 2.40 bits per heavy atom. The molecule has 0 bridgehead atoms. The first-order chi connectivity index (χ1) is 9.36. The molecule has 20 heavy (non-hydrogen) atoms. The van der Waals surface area contributed by atoms with E-state index in [-0.39, 0.29) is 17.8 Å². The Hall–Kier alpha value is -1.62. The van der Waals surface area contributed by atoms with Crippen LogP contribution in [-0.2, 0) is 11.8 Å². The highest BCUT2D eigenvalue weighted by molar-refractivity contribution is 6.05. The van der Waals surface area contributed by atoms with E-state index in [9.17, 15) is 9.59 Å². The molecule has 0 fully saturated rings. The monoisotopic (exact) mass is 280 g/mol. The fourth-order valence-electron chi connectivity index (χ4n) is 2.44. The van der Waals surface area contributed by atoms with Crippen molar-refractivity contribution >= 4 is 11.8 Å². The lowest BCUT2D eigenvalue weighted by Crippen LogP contribution is -2.34. The molecule has 0 aliphatic heterocycles. The molecule has 5 heteroatoms. The molecule has 1 unspecified atom stereocenters. The van der Waals surface area contributed by atoms with E-state index < -0.39 is 0 Å². The normalized spacial score (nSPS) is 12.3. The Labute approximate surface area is 120 Å². The Balaban J connectivity index is 3.26. The van der Waals surface area contributed by atoms with Gasteiger partial charge in [0.05, 0.1) is 12.6 Å². The first-order valence-corrected chi connectivity index (χ1v) is 6.97. The smallest absolute Gasteiger partial charge is 0.355 e. The van der Waals surface area contributed by atoms with Crippen LogP contribution in [0.2, 0.25) is 0 Å². The van der Waals surface area contributed by atoms with Gasteiger partial charge < -0.3 is 14.6 Å². The number of ketones is 1. The van der Waals surface area contributed by atoms with Gasteiger partial charge in [-0.05, 0) is 39.8 Å². The maximum atomic E-state index is 12.5. The number of nitrogens with one attached hydrogen (secondary N) is 1. The van der Waals surface area contributed by atoms with Gasteiger partial charge in [-0.25, -0.2) is 4.79 Å². The number of Topliss-reactive ketones (excluding diaryl/α,β-unsaturated/α-hetero) is 1. The van der Waals surface area contributed by atoms with Crippen LogP contribution < -0.4 is 5.32 Å². The van der Waals surface area contributed by atoms with E-state index in [0.29, 0.717) is 23.4 Å². The molecule has 0 saturated heterocycles. The van der Waals surface area contributed by atoms with E-state index in [1.54, 1.807) is 25.5 Å². The number of carbonyl (C=O) groups excluding carboxylic acids is 2. The van der Waals surface area contributed by atoms with Crippen molar-refractivity contribution in [1.82, 2.24) is 9.88 Å². The Morgan fingerprint density at radius 1 is 1.30 bits per heavy atom. The summed E-state index contributed by atoms with van der Waals surface area (Å²) in [6.07, 6.45) is 0. The van der Waals surface area contributed by atoms with Crippen LogP contribution in [0.4, 0.5) is 0 Å². The SMILES string of the molecule is CCNC(C)C(=O)c1c(C)c(C(=O)OCC)n(C)c1C. The second-order valence-corrected chi connectivity index (χ2v) is 4.86. The first-order valence-electron chi connectivity index (χ1n) is 6.97. The quantitative estimate of drug-likeness (QED) is 0.639. The van der Waals surface area contributed by atoms with Crippen molar-refractivity contribution in [2.24, 2.45) is 7.05 Å². The second kappa shape index (κ2) is 6.70. The first kappa shape index (κ1) is 16.4. The molecule has 1 aromatic heterocycles. The van der Waals surface area contributed by atoms with Gasteiger partial charge in [-0.1, -0.05) is 6.92 Å². The molecule has 1 atom stereocenters. The van der Waals surface area contributed by atoms with Crippen molar-refractivity contribution in [2.75, 3.05) is 13.2 Å². The molecule has 0 radical (unpaired) electrons. The standard InChI is InChI=1S/C15H24N2O3/c1-7-16-10(4)14(18)12-9(3)13(15(19)20-8-2)17(6)11(12)5/h10,16H,7-8H2,1-6H3. The van der Waals surface area contributed by atoms with Gasteiger partial charge in [-0.3, -0.25) is 4.79 Å². The van der Waals surface area contributed by atoms with Gasteiger partial charge in [0.2, 0.25) is 0 Å². The van der Waals surface area contributed by atoms with Crippen LogP contribution in [0, 0.1) is 13.8 Å². The highest BCUT2D eigenvalue weighted by Crippen LogP contribution is 2.23. The minimum absolute atomic E-state index is 0.00741. The minimum atomic E-state index is -0.384. The van der Waals surface area contributed by atoms with E-state index in [2.05, 4.69) is 5.32 Å². The summed E-state index contributed by atoms with van der Waals surface area (Å²) in [6, 6.07) is -0.269. The van der Waals surface area contributed by atoms with Crippen molar-refractivity contribution in [3.63, 3.8) is 0 Å². The molecular weight excluding hydrogens is 256 g/mol. The van der Waals surface area contributed by atoms with Gasteiger partial charge in [-0.2, -0.15) is 0 Å². The average Bonchev–Trinajstić information content (AvgIpc) is 2.60. The molecule has 1 rings (SSSR count). The molecule has 112 valence electrons. The average molecular weight is 280 g/mol. The lowest BCUT2D eigenvalue weighted by Gasteiger charge is -2.11. The lowest BCUT2D eigenvalue weighted by molar-refractivity contribution is 0.0514. The molecule has 1 aromatic rings. The van der Waals surface area contributed by atoms with Crippen molar-refractivity contribution in [1.29, 1.82) is 0 Å². The summed E-state index contributed by atoms with van der Waals surface area (Å²) >= 11 is 0. The third-order valence-electron chi connectivity index (χ3n) is 3.55. The fourth-order valence-corrected chi connectivity index (χ4v) is 2.44. The fraction of sp³-hybridized carbons (Fsp3) is 0.600. The summed E-state index contributed by atoms with van der Waals surface area (Å²) in [7, 11) is 1.78. The zero-order valence-electron chi connectivity index (χ0n) is 13.2. The molecular formula is C15H24N2O3.